The van der Waals surface area contributed by atoms with Crippen molar-refractivity contribution in [2.75, 3.05) is 19.6 Å². The van der Waals surface area contributed by atoms with Gasteiger partial charge in [-0.25, -0.2) is 8.42 Å². The highest BCUT2D eigenvalue weighted by molar-refractivity contribution is 7.89. The van der Waals surface area contributed by atoms with Crippen LogP contribution in [-0.4, -0.2) is 52.7 Å². The molecule has 0 unspecified atom stereocenters. The van der Waals surface area contributed by atoms with Gasteiger partial charge in [0.25, 0.3) is 0 Å². The number of hydrogen-bond donors (Lipinski definition) is 0. The number of benzene rings is 1. The van der Waals surface area contributed by atoms with Crippen LogP contribution in [0.5, 0.6) is 0 Å². The molecule has 0 bridgehead atoms. The van der Waals surface area contributed by atoms with Crippen molar-refractivity contribution in [3.63, 3.8) is 0 Å². The van der Waals surface area contributed by atoms with Gasteiger partial charge in [-0.15, -0.1) is 6.58 Å². The first kappa shape index (κ1) is 23.7. The van der Waals surface area contributed by atoms with Crippen LogP contribution in [0.4, 0.5) is 0 Å². The third-order valence-electron chi connectivity index (χ3n) is 5.20. The molecule has 170 valence electrons. The summed E-state index contributed by atoms with van der Waals surface area (Å²) in [6.45, 7) is 8.46. The lowest BCUT2D eigenvalue weighted by atomic mass is 10.2. The van der Waals surface area contributed by atoms with Crippen LogP contribution in [0.25, 0.3) is 10.9 Å². The Hall–Kier alpha value is -2.97. The van der Waals surface area contributed by atoms with E-state index in [1.807, 2.05) is 55.9 Å². The van der Waals surface area contributed by atoms with Crippen LogP contribution >= 0.6 is 0 Å². The van der Waals surface area contributed by atoms with E-state index in [2.05, 4.69) is 11.6 Å². The van der Waals surface area contributed by atoms with Crippen LogP contribution in [0.3, 0.4) is 0 Å². The average Bonchev–Trinajstić information content (AvgIpc) is 3.16. The van der Waals surface area contributed by atoms with E-state index in [1.54, 1.807) is 23.2 Å². The van der Waals surface area contributed by atoms with Crippen LogP contribution in [0, 0.1) is 5.92 Å². The SMILES string of the molecule is C=CCN(CC(=O)N(Cc1cccn1C)CC(C)C)S(=O)(=O)c1cccc2cccnc12. The minimum atomic E-state index is -3.97. The van der Waals surface area contributed by atoms with E-state index >= 15 is 0 Å². The van der Waals surface area contributed by atoms with Crippen molar-refractivity contribution in [2.45, 2.75) is 25.3 Å². The summed E-state index contributed by atoms with van der Waals surface area (Å²) >= 11 is 0. The Morgan fingerprint density at radius 2 is 1.94 bits per heavy atom. The highest BCUT2D eigenvalue weighted by atomic mass is 32.2. The van der Waals surface area contributed by atoms with Gasteiger partial charge < -0.3 is 9.47 Å². The number of sulfonamides is 1. The first-order valence-corrected chi connectivity index (χ1v) is 12.0. The number of rotatable bonds is 10. The van der Waals surface area contributed by atoms with Crippen molar-refractivity contribution in [3.05, 3.63) is 73.2 Å². The summed E-state index contributed by atoms with van der Waals surface area (Å²) < 4.78 is 30.2. The number of pyridine rings is 1. The van der Waals surface area contributed by atoms with Crippen LogP contribution in [0.2, 0.25) is 0 Å². The molecule has 1 amide bonds. The molecule has 0 aliphatic rings. The highest BCUT2D eigenvalue weighted by Crippen LogP contribution is 2.24. The summed E-state index contributed by atoms with van der Waals surface area (Å²) in [5, 5.41) is 0.726. The molecule has 3 rings (SSSR count). The molecule has 8 heteroatoms. The van der Waals surface area contributed by atoms with Gasteiger partial charge in [0.05, 0.1) is 18.6 Å². The standard InChI is InChI=1S/C24H30N4O3S/c1-5-14-28(32(30,31)22-12-6-9-20-10-7-13-25-24(20)22)18-23(29)27(16-19(2)3)17-21-11-8-15-26(21)4/h5-13,15,19H,1,14,16-18H2,2-4H3. The maximum atomic E-state index is 13.6. The molecule has 0 aliphatic heterocycles. The first-order valence-electron chi connectivity index (χ1n) is 10.6. The molecule has 0 spiro atoms. The molecule has 3 aromatic rings. The minimum Gasteiger partial charge on any atom is -0.353 e. The number of amides is 1. The van der Waals surface area contributed by atoms with E-state index in [-0.39, 0.29) is 29.8 Å². The fraction of sp³-hybridized carbons (Fsp3) is 0.333. The van der Waals surface area contributed by atoms with Gasteiger partial charge in [0.15, 0.2) is 0 Å². The summed E-state index contributed by atoms with van der Waals surface area (Å²) in [6, 6.07) is 12.5. The Morgan fingerprint density at radius 3 is 2.59 bits per heavy atom. The zero-order chi connectivity index (χ0) is 23.3. The van der Waals surface area contributed by atoms with Gasteiger partial charge in [0, 0.05) is 43.6 Å². The lowest BCUT2D eigenvalue weighted by molar-refractivity contribution is -0.132. The lowest BCUT2D eigenvalue weighted by Crippen LogP contribution is -2.44. The number of fused-ring (bicyclic) bond motifs is 1. The van der Waals surface area contributed by atoms with Crippen molar-refractivity contribution < 1.29 is 13.2 Å². The smallest absolute Gasteiger partial charge is 0.246 e. The highest BCUT2D eigenvalue weighted by Gasteiger charge is 2.30. The van der Waals surface area contributed by atoms with Crippen LogP contribution in [0.15, 0.2) is 72.4 Å². The molecule has 0 aliphatic carbocycles. The van der Waals surface area contributed by atoms with E-state index in [0.717, 1.165) is 11.1 Å². The number of aromatic nitrogens is 2. The molecule has 0 fully saturated rings. The fourth-order valence-electron chi connectivity index (χ4n) is 3.62. The van der Waals surface area contributed by atoms with Gasteiger partial charge in [-0.3, -0.25) is 9.78 Å². The lowest BCUT2D eigenvalue weighted by Gasteiger charge is -2.28. The fourth-order valence-corrected chi connectivity index (χ4v) is 5.14. The number of aryl methyl sites for hydroxylation is 1. The van der Waals surface area contributed by atoms with Crippen molar-refractivity contribution in [1.82, 2.24) is 18.8 Å². The van der Waals surface area contributed by atoms with Crippen molar-refractivity contribution in [1.29, 1.82) is 0 Å². The predicted molar refractivity (Wildman–Crippen MR) is 126 cm³/mol. The van der Waals surface area contributed by atoms with Crippen LogP contribution in [0.1, 0.15) is 19.5 Å². The van der Waals surface area contributed by atoms with Crippen LogP contribution < -0.4 is 0 Å². The molecule has 2 aromatic heterocycles. The average molecular weight is 455 g/mol. The van der Waals surface area contributed by atoms with Gasteiger partial charge in [-0.2, -0.15) is 4.31 Å². The molecule has 1 aromatic carbocycles. The van der Waals surface area contributed by atoms with E-state index in [9.17, 15) is 13.2 Å². The first-order chi connectivity index (χ1) is 15.2. The second-order valence-corrected chi connectivity index (χ2v) is 10.1. The Bertz CT molecular complexity index is 1200. The summed E-state index contributed by atoms with van der Waals surface area (Å²) in [5.74, 6) is -0.00975. The summed E-state index contributed by atoms with van der Waals surface area (Å²) in [7, 11) is -2.04. The van der Waals surface area contributed by atoms with Gasteiger partial charge in [0.2, 0.25) is 15.9 Å². The van der Waals surface area contributed by atoms with Crippen LogP contribution in [-0.2, 0) is 28.4 Å². The molecule has 0 N–H and O–H groups in total. The van der Waals surface area contributed by atoms with E-state index in [0.29, 0.717) is 18.6 Å². The zero-order valence-electron chi connectivity index (χ0n) is 18.8. The largest absolute Gasteiger partial charge is 0.353 e. The van der Waals surface area contributed by atoms with Gasteiger partial charge in [0.1, 0.15) is 4.90 Å². The topological polar surface area (TPSA) is 75.5 Å². The third-order valence-corrected chi connectivity index (χ3v) is 7.04. The number of para-hydroxylation sites is 1. The van der Waals surface area contributed by atoms with Crippen molar-refractivity contribution in [2.24, 2.45) is 13.0 Å². The molecular weight excluding hydrogens is 424 g/mol. The molecule has 7 nitrogen and oxygen atoms in total. The summed E-state index contributed by atoms with van der Waals surface area (Å²) in [5.41, 5.74) is 1.37. The molecule has 0 saturated heterocycles. The normalized spacial score (nSPS) is 11.9. The number of nitrogens with zero attached hydrogens (tertiary/aromatic N) is 4. The minimum absolute atomic E-state index is 0.0248. The maximum Gasteiger partial charge on any atom is 0.246 e. The molecule has 0 radical (unpaired) electrons. The predicted octanol–water partition coefficient (Wildman–Crippen LogP) is 3.43. The number of carbonyl (C=O) groups excluding carboxylic acids is 1. The third kappa shape index (κ3) is 5.26. The molecule has 32 heavy (non-hydrogen) atoms. The maximum absolute atomic E-state index is 13.6. The second kappa shape index (κ2) is 10.1. The second-order valence-electron chi connectivity index (χ2n) is 8.20. The summed E-state index contributed by atoms with van der Waals surface area (Å²) in [4.78, 5) is 19.4. The monoisotopic (exact) mass is 454 g/mol. The Kier molecular flexibility index (Phi) is 7.48. The van der Waals surface area contributed by atoms with Gasteiger partial charge in [-0.1, -0.05) is 38.1 Å². The van der Waals surface area contributed by atoms with E-state index in [1.165, 1.54) is 16.4 Å². The zero-order valence-corrected chi connectivity index (χ0v) is 19.6. The molecular formula is C24H30N4O3S. The van der Waals surface area contributed by atoms with Crippen molar-refractivity contribution in [3.8, 4) is 0 Å². The molecule has 2 heterocycles. The molecule has 0 atom stereocenters. The van der Waals surface area contributed by atoms with Gasteiger partial charge >= 0.3 is 0 Å². The van der Waals surface area contributed by atoms with Crippen molar-refractivity contribution >= 4 is 26.8 Å². The molecule has 0 saturated carbocycles. The number of carbonyl (C=O) groups is 1. The quantitative estimate of drug-likeness (QED) is 0.440. The van der Waals surface area contributed by atoms with E-state index in [4.69, 9.17) is 0 Å². The Balaban J connectivity index is 1.91. The van der Waals surface area contributed by atoms with Gasteiger partial charge in [-0.05, 0) is 30.2 Å². The van der Waals surface area contributed by atoms with E-state index < -0.39 is 10.0 Å². The summed E-state index contributed by atoms with van der Waals surface area (Å²) in [6.07, 6.45) is 4.98. The number of hydrogen-bond acceptors (Lipinski definition) is 4. The Morgan fingerprint density at radius 1 is 1.19 bits per heavy atom. The Labute approximate surface area is 190 Å².